The van der Waals surface area contributed by atoms with E-state index < -0.39 is 0 Å². The van der Waals surface area contributed by atoms with Crippen LogP contribution >= 0.6 is 12.3 Å². The minimum Gasteiger partial charge on any atom is -0.691 e. The number of benzene rings is 2. The number of phenols is 1. The van der Waals surface area contributed by atoms with E-state index in [1.807, 2.05) is 24.3 Å². The van der Waals surface area contributed by atoms with Gasteiger partial charge in [-0.15, -0.1) is 4.33 Å². The summed E-state index contributed by atoms with van der Waals surface area (Å²) in [5.41, 5.74) is 5.88. The Morgan fingerprint density at radius 3 is 1.82 bits per heavy atom. The van der Waals surface area contributed by atoms with Gasteiger partial charge in [0.15, 0.2) is 0 Å². The number of hydrogen-bond acceptors (Lipinski definition) is 8. The Morgan fingerprint density at radius 1 is 0.733 bits per heavy atom. The van der Waals surface area contributed by atoms with E-state index in [0.717, 1.165) is 50.9 Å². The van der Waals surface area contributed by atoms with Crippen molar-refractivity contribution in [1.29, 1.82) is 0 Å². The standard InChI is InChI=1S/C18H24O5S.C18H24O2.Na/c1-18-9-8-14-13-5-3-12(21-24-23-22-20)10-11(13)2-4-15(14)16(18)6-7-17(18)19;1-18-9-8-14-13-5-3-12(19)10-11(13)2-4-15(14)16(18)6-7-17(18)20;/h3,5,10,14-17,19-20H,2,4,6-9H2,1H3;3,5,10,14-17,19-20H,2,4,6-9H2,1H3;/q;;+1/p-1/t2*14?,15?,16?,17-,18?;/m00./s1. The Labute approximate surface area is 294 Å². The van der Waals surface area contributed by atoms with Crippen LogP contribution in [0.1, 0.15) is 112 Å². The Morgan fingerprint density at radius 2 is 1.27 bits per heavy atom. The molecular formula is C36H47NaO7S. The number of aromatic hydroxyl groups is 1. The van der Waals surface area contributed by atoms with Crippen LogP contribution in [0.3, 0.4) is 0 Å². The van der Waals surface area contributed by atoms with Crippen LogP contribution in [-0.4, -0.2) is 27.5 Å². The van der Waals surface area contributed by atoms with Crippen LogP contribution < -0.4 is 39.0 Å². The van der Waals surface area contributed by atoms with E-state index in [4.69, 9.17) is 4.18 Å². The second-order valence-corrected chi connectivity index (χ2v) is 15.6. The molecule has 8 rings (SSSR count). The molecule has 10 atom stereocenters. The molecule has 240 valence electrons. The number of aliphatic hydroxyl groups excluding tert-OH is 2. The molecule has 0 spiro atoms. The van der Waals surface area contributed by atoms with Crippen molar-refractivity contribution in [3.63, 3.8) is 0 Å². The predicted octanol–water partition coefficient (Wildman–Crippen LogP) is 3.68. The Balaban J connectivity index is 0.000000158. The van der Waals surface area contributed by atoms with Crippen LogP contribution in [-0.2, 0) is 22.2 Å². The minimum absolute atomic E-state index is 0. The Bertz CT molecular complexity index is 1360. The number of fused-ring (bicyclic) bond motifs is 10. The first kappa shape index (κ1) is 34.1. The average Bonchev–Trinajstić information content (AvgIpc) is 3.51. The fourth-order valence-electron chi connectivity index (χ4n) is 11.2. The number of aryl methyl sites for hydroxylation is 2. The molecule has 8 unspecified atom stereocenters. The van der Waals surface area contributed by atoms with Crippen LogP contribution in [0, 0.1) is 34.5 Å². The number of hydrogen-bond donors (Lipinski definition) is 3. The quantitative estimate of drug-likeness (QED) is 0.152. The second kappa shape index (κ2) is 13.6. The van der Waals surface area contributed by atoms with Gasteiger partial charge < -0.3 is 24.8 Å². The number of aliphatic hydroxyl groups is 2. The summed E-state index contributed by atoms with van der Waals surface area (Å²) in [4.78, 5) is 0. The molecule has 0 heterocycles. The Kier molecular flexibility index (Phi) is 10.3. The van der Waals surface area contributed by atoms with Gasteiger partial charge in [0, 0.05) is 0 Å². The molecule has 4 fully saturated rings. The van der Waals surface area contributed by atoms with Crippen LogP contribution in [0.15, 0.2) is 36.4 Å². The van der Waals surface area contributed by atoms with E-state index in [-0.39, 0.29) is 52.6 Å². The van der Waals surface area contributed by atoms with E-state index in [2.05, 4.69) is 35.4 Å². The normalized spacial score (nSPS) is 39.0. The largest absolute Gasteiger partial charge is 1.00 e. The predicted molar refractivity (Wildman–Crippen MR) is 166 cm³/mol. The van der Waals surface area contributed by atoms with Gasteiger partial charge in [0.1, 0.15) is 11.5 Å². The molecular weight excluding hydrogens is 599 g/mol. The van der Waals surface area contributed by atoms with Crippen LogP contribution in [0.4, 0.5) is 0 Å². The zero-order chi connectivity index (χ0) is 30.6. The molecule has 0 amide bonds. The van der Waals surface area contributed by atoms with Crippen molar-refractivity contribution in [2.45, 2.75) is 115 Å². The molecule has 4 saturated carbocycles. The number of phenolic OH excluding ortho intramolecular Hbond substituents is 1. The van der Waals surface area contributed by atoms with E-state index >= 15 is 0 Å². The molecule has 0 aromatic heterocycles. The van der Waals surface area contributed by atoms with E-state index in [1.54, 1.807) is 0 Å². The smallest absolute Gasteiger partial charge is 0.691 e. The first-order valence-corrected chi connectivity index (χ1v) is 17.5. The molecule has 3 N–H and O–H groups in total. The van der Waals surface area contributed by atoms with Gasteiger partial charge in [0.05, 0.1) is 12.2 Å². The first-order chi connectivity index (χ1) is 21.2. The van der Waals surface area contributed by atoms with Gasteiger partial charge in [-0.3, -0.25) is 5.04 Å². The summed E-state index contributed by atoms with van der Waals surface area (Å²) in [7, 11) is 0. The number of rotatable bonds is 4. The molecule has 7 nitrogen and oxygen atoms in total. The van der Waals surface area contributed by atoms with Gasteiger partial charge in [-0.05, 0) is 170 Å². The van der Waals surface area contributed by atoms with Crippen molar-refractivity contribution in [3.05, 3.63) is 58.7 Å². The molecule has 0 bridgehead atoms. The van der Waals surface area contributed by atoms with Crippen molar-refractivity contribution in [2.75, 3.05) is 0 Å². The van der Waals surface area contributed by atoms with Crippen LogP contribution in [0.5, 0.6) is 11.5 Å². The fraction of sp³-hybridized carbons (Fsp3) is 0.667. The van der Waals surface area contributed by atoms with Crippen molar-refractivity contribution in [2.24, 2.45) is 34.5 Å². The summed E-state index contributed by atoms with van der Waals surface area (Å²) in [5, 5.41) is 43.6. The van der Waals surface area contributed by atoms with Gasteiger partial charge in [-0.1, -0.05) is 26.0 Å². The van der Waals surface area contributed by atoms with E-state index in [9.17, 15) is 20.6 Å². The summed E-state index contributed by atoms with van der Waals surface area (Å²) in [6.45, 7) is 4.62. The van der Waals surface area contributed by atoms with Crippen molar-refractivity contribution in [1.82, 2.24) is 0 Å². The van der Waals surface area contributed by atoms with Gasteiger partial charge in [-0.2, -0.15) is 0 Å². The zero-order valence-corrected chi connectivity index (χ0v) is 29.8. The molecule has 0 saturated heterocycles. The molecule has 0 radical (unpaired) electrons. The van der Waals surface area contributed by atoms with Crippen molar-refractivity contribution < 1.29 is 63.7 Å². The third kappa shape index (κ3) is 6.04. The average molecular weight is 647 g/mol. The molecule has 6 aliphatic carbocycles. The fourth-order valence-corrected chi connectivity index (χ4v) is 11.4. The molecule has 0 aliphatic heterocycles. The summed E-state index contributed by atoms with van der Waals surface area (Å²) in [6, 6.07) is 12.1. The first-order valence-electron chi connectivity index (χ1n) is 16.8. The molecule has 9 heteroatoms. The summed E-state index contributed by atoms with van der Waals surface area (Å²) < 4.78 is 9.44. The van der Waals surface area contributed by atoms with Gasteiger partial charge >= 0.3 is 29.6 Å². The minimum atomic E-state index is -0.124. The summed E-state index contributed by atoms with van der Waals surface area (Å²) in [5.74, 6) is 5.09. The monoisotopic (exact) mass is 646 g/mol. The third-order valence-electron chi connectivity index (χ3n) is 13.5. The van der Waals surface area contributed by atoms with Crippen LogP contribution in [0.2, 0.25) is 0 Å². The molecule has 45 heavy (non-hydrogen) atoms. The van der Waals surface area contributed by atoms with Gasteiger partial charge in [0.25, 0.3) is 12.3 Å². The Hall–Kier alpha value is -0.810. The topological polar surface area (TPSA) is 111 Å². The van der Waals surface area contributed by atoms with Crippen molar-refractivity contribution >= 4 is 12.3 Å². The second-order valence-electron chi connectivity index (χ2n) is 15.1. The third-order valence-corrected chi connectivity index (χ3v) is 13.9. The van der Waals surface area contributed by atoms with Crippen molar-refractivity contribution in [3.8, 4) is 11.5 Å². The van der Waals surface area contributed by atoms with E-state index in [1.165, 1.54) is 54.4 Å². The SMILES string of the molecule is CC12CCC3c4ccc(O)cc4CCC3C1CC[C@@H]2O.CC12CCC3c4ccc(OSOO[O-])cc4CCC3C1CC[C@@H]2O.[Na+]. The summed E-state index contributed by atoms with van der Waals surface area (Å²) >= 11 is 0.530. The molecule has 2 aromatic rings. The molecule has 6 aliphatic rings. The zero-order valence-electron chi connectivity index (χ0n) is 27.0. The van der Waals surface area contributed by atoms with Gasteiger partial charge in [-0.25, -0.2) is 0 Å². The van der Waals surface area contributed by atoms with E-state index in [0.29, 0.717) is 53.4 Å². The maximum atomic E-state index is 10.4. The maximum absolute atomic E-state index is 10.4. The van der Waals surface area contributed by atoms with Gasteiger partial charge in [0.2, 0.25) is 0 Å². The maximum Gasteiger partial charge on any atom is 1.00 e. The summed E-state index contributed by atoms with van der Waals surface area (Å²) in [6.07, 6.45) is 13.3. The molecule has 2 aromatic carbocycles. The van der Waals surface area contributed by atoms with Crippen LogP contribution in [0.25, 0.3) is 0 Å².